The molecule has 2 unspecified atom stereocenters. The Balaban J connectivity index is 1.67. The Hall–Kier alpha value is -1.10. The summed E-state index contributed by atoms with van der Waals surface area (Å²) < 4.78 is 5.40. The average molecular weight is 290 g/mol. The molecule has 1 aliphatic carbocycles. The summed E-state index contributed by atoms with van der Waals surface area (Å²) in [5.41, 5.74) is 8.30. The van der Waals surface area contributed by atoms with Crippen LogP contribution in [0.1, 0.15) is 36.8 Å². The van der Waals surface area contributed by atoms with E-state index in [9.17, 15) is 5.11 Å². The molecule has 2 aliphatic rings. The van der Waals surface area contributed by atoms with Crippen molar-refractivity contribution in [2.24, 2.45) is 5.73 Å². The Morgan fingerprint density at radius 3 is 2.76 bits per heavy atom. The van der Waals surface area contributed by atoms with Gasteiger partial charge in [-0.15, -0.1) is 0 Å². The van der Waals surface area contributed by atoms with Gasteiger partial charge in [-0.1, -0.05) is 6.07 Å². The van der Waals surface area contributed by atoms with Gasteiger partial charge in [-0.3, -0.25) is 10.6 Å². The van der Waals surface area contributed by atoms with E-state index in [1.165, 1.54) is 24.0 Å². The molecule has 3 N–H and O–H groups in total. The van der Waals surface area contributed by atoms with E-state index in [0.29, 0.717) is 6.04 Å². The van der Waals surface area contributed by atoms with Gasteiger partial charge in [0, 0.05) is 12.6 Å². The highest BCUT2D eigenvalue weighted by Gasteiger charge is 2.26. The molecule has 1 heterocycles. The molecule has 116 valence electrons. The van der Waals surface area contributed by atoms with Crippen molar-refractivity contribution in [2.75, 3.05) is 19.8 Å². The first kappa shape index (κ1) is 14.8. The molecule has 0 saturated carbocycles. The second kappa shape index (κ2) is 6.77. The number of aliphatic hydroxyl groups is 1. The number of piperidine rings is 1. The first-order valence-electron chi connectivity index (χ1n) is 8.13. The molecule has 0 amide bonds. The molecule has 1 saturated heterocycles. The maximum Gasteiger partial charge on any atom is 0.137 e. The average Bonchev–Trinajstić information content (AvgIpc) is 2.70. The number of β-amino-alcohol motifs (C(OH)–C–C–N with tert-alkyl or cyclic N) is 1. The minimum Gasteiger partial charge on any atom is -0.479 e. The molecular formula is C17H26N2O2. The monoisotopic (exact) mass is 290 g/mol. The van der Waals surface area contributed by atoms with Crippen molar-refractivity contribution in [3.63, 3.8) is 0 Å². The summed E-state index contributed by atoms with van der Waals surface area (Å²) >= 11 is 0. The standard InChI is InChI=1S/C17H26N2O2/c18-12-21-17-8-5-13-3-6-15(7-4-14(13)10-17)19-9-1-2-16(20)11-19/h5,8,10,15-16,20H,1-4,6-7,9,11-12,18H2. The third-order valence-corrected chi connectivity index (χ3v) is 4.87. The first-order valence-corrected chi connectivity index (χ1v) is 8.13. The predicted molar refractivity (Wildman–Crippen MR) is 83.4 cm³/mol. The number of nitrogens with zero attached hydrogens (tertiary/aromatic N) is 1. The Morgan fingerprint density at radius 2 is 2.00 bits per heavy atom. The molecule has 3 rings (SSSR count). The van der Waals surface area contributed by atoms with Gasteiger partial charge < -0.3 is 9.84 Å². The SMILES string of the molecule is NCOc1ccc2c(c1)CCC(N1CCCC(O)C1)CC2. The number of likely N-dealkylation sites (tertiary alicyclic amines) is 1. The van der Waals surface area contributed by atoms with Crippen molar-refractivity contribution in [1.29, 1.82) is 0 Å². The second-order valence-electron chi connectivity index (χ2n) is 6.26. The van der Waals surface area contributed by atoms with Crippen LogP contribution < -0.4 is 10.5 Å². The van der Waals surface area contributed by atoms with Crippen molar-refractivity contribution in [2.45, 2.75) is 50.7 Å². The minimum atomic E-state index is -0.131. The fourth-order valence-corrected chi connectivity index (χ4v) is 3.73. The number of ether oxygens (including phenoxy) is 1. The van der Waals surface area contributed by atoms with Crippen LogP contribution in [0.2, 0.25) is 0 Å². The summed E-state index contributed by atoms with van der Waals surface area (Å²) in [7, 11) is 0. The lowest BCUT2D eigenvalue weighted by molar-refractivity contribution is 0.0425. The topological polar surface area (TPSA) is 58.7 Å². The quantitative estimate of drug-likeness (QED) is 0.657. The zero-order valence-electron chi connectivity index (χ0n) is 12.6. The first-order chi connectivity index (χ1) is 10.3. The van der Waals surface area contributed by atoms with Crippen LogP contribution in [-0.2, 0) is 12.8 Å². The fourth-order valence-electron chi connectivity index (χ4n) is 3.73. The number of nitrogens with two attached hydrogens (primary N) is 1. The van der Waals surface area contributed by atoms with E-state index in [-0.39, 0.29) is 12.8 Å². The van der Waals surface area contributed by atoms with Crippen molar-refractivity contribution < 1.29 is 9.84 Å². The van der Waals surface area contributed by atoms with E-state index in [1.807, 2.05) is 6.07 Å². The second-order valence-corrected chi connectivity index (χ2v) is 6.26. The molecule has 0 radical (unpaired) electrons. The number of aliphatic hydroxyl groups excluding tert-OH is 1. The third-order valence-electron chi connectivity index (χ3n) is 4.87. The lowest BCUT2D eigenvalue weighted by Crippen LogP contribution is -2.44. The van der Waals surface area contributed by atoms with Gasteiger partial charge in [0.2, 0.25) is 0 Å². The van der Waals surface area contributed by atoms with Gasteiger partial charge in [-0.05, 0) is 68.3 Å². The van der Waals surface area contributed by atoms with Crippen LogP contribution in [-0.4, -0.2) is 42.0 Å². The zero-order chi connectivity index (χ0) is 14.7. The molecular weight excluding hydrogens is 264 g/mol. The highest BCUT2D eigenvalue weighted by molar-refractivity contribution is 5.36. The van der Waals surface area contributed by atoms with Crippen molar-refractivity contribution in [3.05, 3.63) is 29.3 Å². The van der Waals surface area contributed by atoms with Crippen LogP contribution >= 0.6 is 0 Å². The maximum atomic E-state index is 9.88. The summed E-state index contributed by atoms with van der Waals surface area (Å²) in [4.78, 5) is 2.50. The molecule has 4 heteroatoms. The molecule has 4 nitrogen and oxygen atoms in total. The van der Waals surface area contributed by atoms with Crippen LogP contribution in [0.5, 0.6) is 5.75 Å². The van der Waals surface area contributed by atoms with Crippen molar-refractivity contribution in [1.82, 2.24) is 4.90 Å². The normalized spacial score (nSPS) is 27.0. The van der Waals surface area contributed by atoms with E-state index >= 15 is 0 Å². The summed E-state index contributed by atoms with van der Waals surface area (Å²) in [5, 5.41) is 9.88. The molecule has 1 aromatic carbocycles. The summed E-state index contributed by atoms with van der Waals surface area (Å²) in [6, 6.07) is 6.96. The van der Waals surface area contributed by atoms with E-state index in [4.69, 9.17) is 10.5 Å². The van der Waals surface area contributed by atoms with Crippen LogP contribution in [0.4, 0.5) is 0 Å². The van der Waals surface area contributed by atoms with Gasteiger partial charge in [0.05, 0.1) is 6.10 Å². The maximum absolute atomic E-state index is 9.88. The number of hydrogen-bond donors (Lipinski definition) is 2. The zero-order valence-corrected chi connectivity index (χ0v) is 12.6. The molecule has 1 fully saturated rings. The van der Waals surface area contributed by atoms with Gasteiger partial charge in [-0.25, -0.2) is 0 Å². The fraction of sp³-hybridized carbons (Fsp3) is 0.647. The Kier molecular flexibility index (Phi) is 4.78. The smallest absolute Gasteiger partial charge is 0.137 e. The summed E-state index contributed by atoms with van der Waals surface area (Å²) in [6.07, 6.45) is 6.53. The Bertz CT molecular complexity index is 478. The predicted octanol–water partition coefficient (Wildman–Crippen LogP) is 1.69. The number of benzene rings is 1. The molecule has 0 aromatic heterocycles. The van der Waals surface area contributed by atoms with Gasteiger partial charge in [0.1, 0.15) is 12.5 Å². The highest BCUT2D eigenvalue weighted by atomic mass is 16.5. The van der Waals surface area contributed by atoms with Crippen molar-refractivity contribution in [3.8, 4) is 5.75 Å². The van der Waals surface area contributed by atoms with Crippen LogP contribution in [0.25, 0.3) is 0 Å². The van der Waals surface area contributed by atoms with Gasteiger partial charge >= 0.3 is 0 Å². The van der Waals surface area contributed by atoms with E-state index in [0.717, 1.165) is 44.5 Å². The number of rotatable bonds is 3. The van der Waals surface area contributed by atoms with Crippen LogP contribution in [0, 0.1) is 0 Å². The number of aryl methyl sites for hydroxylation is 2. The highest BCUT2D eigenvalue weighted by Crippen LogP contribution is 2.28. The lowest BCUT2D eigenvalue weighted by atomic mass is 10.0. The van der Waals surface area contributed by atoms with Crippen LogP contribution in [0.15, 0.2) is 18.2 Å². The molecule has 21 heavy (non-hydrogen) atoms. The van der Waals surface area contributed by atoms with Crippen LogP contribution in [0.3, 0.4) is 0 Å². The minimum absolute atomic E-state index is 0.131. The van der Waals surface area contributed by atoms with Crippen molar-refractivity contribution >= 4 is 0 Å². The summed E-state index contributed by atoms with van der Waals surface area (Å²) in [6.45, 7) is 2.22. The number of hydrogen-bond acceptors (Lipinski definition) is 4. The van der Waals surface area contributed by atoms with E-state index in [1.54, 1.807) is 0 Å². The molecule has 1 aromatic rings. The number of fused-ring (bicyclic) bond motifs is 1. The van der Waals surface area contributed by atoms with Gasteiger partial charge in [-0.2, -0.15) is 0 Å². The molecule has 1 aliphatic heterocycles. The molecule has 0 spiro atoms. The Labute approximate surface area is 126 Å². The molecule has 2 atom stereocenters. The van der Waals surface area contributed by atoms with Gasteiger partial charge in [0.15, 0.2) is 0 Å². The largest absolute Gasteiger partial charge is 0.479 e. The van der Waals surface area contributed by atoms with Gasteiger partial charge in [0.25, 0.3) is 0 Å². The lowest BCUT2D eigenvalue weighted by Gasteiger charge is -2.36. The van der Waals surface area contributed by atoms with E-state index < -0.39 is 0 Å². The van der Waals surface area contributed by atoms with E-state index in [2.05, 4.69) is 17.0 Å². The summed E-state index contributed by atoms with van der Waals surface area (Å²) in [5.74, 6) is 0.878. The molecule has 0 bridgehead atoms. The third kappa shape index (κ3) is 3.57. The Morgan fingerprint density at radius 1 is 1.19 bits per heavy atom.